The number of nitrogens with zero attached hydrogens (tertiary/aromatic N) is 2. The van der Waals surface area contributed by atoms with Crippen LogP contribution in [0, 0.1) is 0 Å². The first-order valence-corrected chi connectivity index (χ1v) is 6.04. The van der Waals surface area contributed by atoms with Gasteiger partial charge < -0.3 is 11.1 Å². The van der Waals surface area contributed by atoms with Crippen LogP contribution in [0.3, 0.4) is 0 Å². The van der Waals surface area contributed by atoms with Gasteiger partial charge in [-0.25, -0.2) is 5.10 Å². The van der Waals surface area contributed by atoms with Gasteiger partial charge in [-0.2, -0.15) is 16.7 Å². The van der Waals surface area contributed by atoms with Crippen LogP contribution in [0.4, 0.5) is 11.9 Å². The minimum absolute atomic E-state index is 0.368. The van der Waals surface area contributed by atoms with E-state index in [1.165, 1.54) is 19.3 Å². The van der Waals surface area contributed by atoms with Crippen molar-refractivity contribution in [1.29, 1.82) is 0 Å². The predicted molar refractivity (Wildman–Crippen MR) is 59.4 cm³/mol. The molecular formula is C8H15N5S. The summed E-state index contributed by atoms with van der Waals surface area (Å²) in [4.78, 5) is 4.02. The van der Waals surface area contributed by atoms with Gasteiger partial charge in [0, 0.05) is 11.3 Å². The lowest BCUT2D eigenvalue weighted by atomic mass is 10.2. The van der Waals surface area contributed by atoms with Crippen molar-refractivity contribution in [2.75, 3.05) is 17.3 Å². The molecule has 0 radical (unpaired) electrons. The molecule has 4 N–H and O–H groups in total. The van der Waals surface area contributed by atoms with Crippen LogP contribution < -0.4 is 11.1 Å². The Morgan fingerprint density at radius 1 is 1.57 bits per heavy atom. The number of rotatable bonds is 3. The lowest BCUT2D eigenvalue weighted by molar-refractivity contribution is 0.746. The summed E-state index contributed by atoms with van der Waals surface area (Å²) in [5.74, 6) is 0.987. The molecular weight excluding hydrogens is 198 g/mol. The molecule has 1 aromatic heterocycles. The average Bonchev–Trinajstić information content (AvgIpc) is 2.76. The lowest BCUT2D eigenvalue weighted by Crippen LogP contribution is -2.16. The second-order valence-electron chi connectivity index (χ2n) is 3.56. The van der Waals surface area contributed by atoms with E-state index >= 15 is 0 Å². The van der Waals surface area contributed by atoms with Crippen LogP contribution in [0.2, 0.25) is 0 Å². The Hall–Kier alpha value is -0.910. The van der Waals surface area contributed by atoms with E-state index < -0.39 is 0 Å². The third kappa shape index (κ3) is 2.12. The van der Waals surface area contributed by atoms with E-state index in [9.17, 15) is 0 Å². The quantitative estimate of drug-likeness (QED) is 0.700. The van der Waals surface area contributed by atoms with Gasteiger partial charge in [0.1, 0.15) is 0 Å². The molecule has 1 saturated carbocycles. The first-order valence-electron chi connectivity index (χ1n) is 4.75. The second kappa shape index (κ2) is 4.08. The Labute approximate surface area is 87.2 Å². The van der Waals surface area contributed by atoms with E-state index in [1.54, 1.807) is 0 Å². The molecule has 1 aromatic rings. The maximum Gasteiger partial charge on any atom is 0.243 e. The third-order valence-corrected chi connectivity index (χ3v) is 3.65. The van der Waals surface area contributed by atoms with E-state index in [4.69, 9.17) is 5.73 Å². The zero-order valence-electron chi connectivity index (χ0n) is 8.16. The van der Waals surface area contributed by atoms with Crippen molar-refractivity contribution in [3.05, 3.63) is 0 Å². The molecule has 1 heterocycles. The lowest BCUT2D eigenvalue weighted by Gasteiger charge is -2.09. The van der Waals surface area contributed by atoms with Crippen LogP contribution in [0.5, 0.6) is 0 Å². The summed E-state index contributed by atoms with van der Waals surface area (Å²) in [6.07, 6.45) is 5.83. The molecule has 0 saturated heterocycles. The molecule has 0 spiro atoms. The monoisotopic (exact) mass is 213 g/mol. The van der Waals surface area contributed by atoms with Gasteiger partial charge in [-0.1, -0.05) is 0 Å². The number of nitrogen functional groups attached to an aromatic ring is 1. The summed E-state index contributed by atoms with van der Waals surface area (Å²) in [5, 5.41) is 10.6. The molecule has 2 rings (SSSR count). The Morgan fingerprint density at radius 3 is 3.00 bits per heavy atom. The SMILES string of the molecule is CSC1CCC(Nc2n[nH]c(N)n2)C1. The van der Waals surface area contributed by atoms with Gasteiger partial charge in [-0.15, -0.1) is 5.10 Å². The highest BCUT2D eigenvalue weighted by Crippen LogP contribution is 2.29. The normalized spacial score (nSPS) is 26.6. The van der Waals surface area contributed by atoms with E-state index in [2.05, 4.69) is 26.8 Å². The van der Waals surface area contributed by atoms with E-state index in [0.717, 1.165) is 5.25 Å². The van der Waals surface area contributed by atoms with Crippen molar-refractivity contribution >= 4 is 23.7 Å². The zero-order chi connectivity index (χ0) is 9.97. The van der Waals surface area contributed by atoms with Gasteiger partial charge in [-0.3, -0.25) is 0 Å². The molecule has 2 unspecified atom stereocenters. The van der Waals surface area contributed by atoms with Crippen LogP contribution in [0.25, 0.3) is 0 Å². The molecule has 78 valence electrons. The maximum atomic E-state index is 5.43. The number of anilines is 2. The molecule has 0 bridgehead atoms. The van der Waals surface area contributed by atoms with Crippen LogP contribution in [-0.4, -0.2) is 32.7 Å². The van der Waals surface area contributed by atoms with Crippen LogP contribution in [-0.2, 0) is 0 Å². The number of nitrogens with two attached hydrogens (primary N) is 1. The minimum atomic E-state index is 0.368. The highest BCUT2D eigenvalue weighted by atomic mass is 32.2. The van der Waals surface area contributed by atoms with Gasteiger partial charge in [0.05, 0.1) is 0 Å². The van der Waals surface area contributed by atoms with Crippen molar-refractivity contribution in [1.82, 2.24) is 15.2 Å². The van der Waals surface area contributed by atoms with E-state index in [-0.39, 0.29) is 0 Å². The molecule has 1 fully saturated rings. The number of thioether (sulfide) groups is 1. The number of H-pyrrole nitrogens is 1. The van der Waals surface area contributed by atoms with E-state index in [0.29, 0.717) is 17.9 Å². The highest BCUT2D eigenvalue weighted by molar-refractivity contribution is 7.99. The fraction of sp³-hybridized carbons (Fsp3) is 0.750. The number of aromatic amines is 1. The summed E-state index contributed by atoms with van der Waals surface area (Å²) in [6, 6.07) is 0.502. The predicted octanol–water partition coefficient (Wildman–Crippen LogP) is 1.08. The molecule has 0 aromatic carbocycles. The number of nitrogens with one attached hydrogen (secondary N) is 2. The number of aromatic nitrogens is 3. The summed E-state index contributed by atoms with van der Waals surface area (Å²) < 4.78 is 0. The van der Waals surface area contributed by atoms with E-state index in [1.807, 2.05) is 11.8 Å². The summed E-state index contributed by atoms with van der Waals surface area (Å²) in [6.45, 7) is 0. The molecule has 0 aliphatic heterocycles. The van der Waals surface area contributed by atoms with Gasteiger partial charge in [0.2, 0.25) is 11.9 Å². The Morgan fingerprint density at radius 2 is 2.43 bits per heavy atom. The Balaban J connectivity index is 1.87. The summed E-state index contributed by atoms with van der Waals surface area (Å²) >= 11 is 1.94. The first-order chi connectivity index (χ1) is 6.78. The fourth-order valence-electron chi connectivity index (χ4n) is 1.81. The number of hydrogen-bond donors (Lipinski definition) is 3. The zero-order valence-corrected chi connectivity index (χ0v) is 8.97. The van der Waals surface area contributed by atoms with Gasteiger partial charge in [-0.05, 0) is 25.5 Å². The summed E-state index contributed by atoms with van der Waals surface area (Å²) in [7, 11) is 0. The number of hydrogen-bond acceptors (Lipinski definition) is 5. The Bertz CT molecular complexity index is 300. The molecule has 14 heavy (non-hydrogen) atoms. The third-order valence-electron chi connectivity index (χ3n) is 2.55. The molecule has 2 atom stereocenters. The van der Waals surface area contributed by atoms with Crippen molar-refractivity contribution in [2.24, 2.45) is 0 Å². The molecule has 1 aliphatic carbocycles. The van der Waals surface area contributed by atoms with Crippen molar-refractivity contribution in [3.8, 4) is 0 Å². The minimum Gasteiger partial charge on any atom is -0.368 e. The van der Waals surface area contributed by atoms with Crippen molar-refractivity contribution < 1.29 is 0 Å². The fourth-order valence-corrected chi connectivity index (χ4v) is 2.60. The smallest absolute Gasteiger partial charge is 0.243 e. The largest absolute Gasteiger partial charge is 0.368 e. The maximum absolute atomic E-state index is 5.43. The van der Waals surface area contributed by atoms with Gasteiger partial charge in [0.25, 0.3) is 0 Å². The van der Waals surface area contributed by atoms with Crippen molar-refractivity contribution in [2.45, 2.75) is 30.6 Å². The summed E-state index contributed by atoms with van der Waals surface area (Å²) in [5.41, 5.74) is 5.43. The van der Waals surface area contributed by atoms with Crippen LogP contribution >= 0.6 is 11.8 Å². The first kappa shape index (κ1) is 9.64. The average molecular weight is 213 g/mol. The van der Waals surface area contributed by atoms with Crippen molar-refractivity contribution in [3.63, 3.8) is 0 Å². The van der Waals surface area contributed by atoms with Gasteiger partial charge >= 0.3 is 0 Å². The second-order valence-corrected chi connectivity index (χ2v) is 4.69. The Kier molecular flexibility index (Phi) is 2.81. The van der Waals surface area contributed by atoms with Crippen LogP contribution in [0.15, 0.2) is 0 Å². The molecule has 5 nitrogen and oxygen atoms in total. The van der Waals surface area contributed by atoms with Crippen LogP contribution in [0.1, 0.15) is 19.3 Å². The molecule has 1 aliphatic rings. The topological polar surface area (TPSA) is 79.6 Å². The molecule has 6 heteroatoms. The van der Waals surface area contributed by atoms with Gasteiger partial charge in [0.15, 0.2) is 0 Å². The highest BCUT2D eigenvalue weighted by Gasteiger charge is 2.24. The standard InChI is InChI=1S/C8H15N5S/c1-14-6-3-2-5(4-6)10-8-11-7(9)12-13-8/h5-6H,2-4H2,1H3,(H4,9,10,11,12,13). The molecule has 0 amide bonds.